The van der Waals surface area contributed by atoms with Gasteiger partial charge in [0.25, 0.3) is 0 Å². The molecule has 0 unspecified atom stereocenters. The molecule has 0 saturated carbocycles. The number of carbonyl (C=O) groups is 2. The van der Waals surface area contributed by atoms with Crippen molar-refractivity contribution in [2.45, 2.75) is 13.0 Å². The van der Waals surface area contributed by atoms with E-state index in [0.29, 0.717) is 0 Å². The van der Waals surface area contributed by atoms with Crippen molar-refractivity contribution in [1.82, 2.24) is 5.32 Å². The predicted octanol–water partition coefficient (Wildman–Crippen LogP) is 1.39. The number of amides is 1. The molecule has 1 N–H and O–H groups in total. The molecule has 1 amide bonds. The molecule has 1 atom stereocenters. The largest absolute Gasteiger partial charge is 0.497 e. The molecule has 0 saturated heterocycles. The standard InChI is InChI=1S/C14H17NO4/c1-10(14(17)19-3)15-13(16)9-6-11-4-7-12(18-2)8-5-11/h4-10H,1-3H3,(H,15,16)/b9-6+/t10-/m0/s1. The lowest BCUT2D eigenvalue weighted by molar-refractivity contribution is -0.144. The molecule has 102 valence electrons. The van der Waals surface area contributed by atoms with Crippen molar-refractivity contribution in [3.63, 3.8) is 0 Å². The van der Waals surface area contributed by atoms with Gasteiger partial charge in [-0.25, -0.2) is 4.79 Å². The van der Waals surface area contributed by atoms with E-state index in [0.717, 1.165) is 11.3 Å². The molecule has 0 heterocycles. The normalized spacial score (nSPS) is 11.9. The summed E-state index contributed by atoms with van der Waals surface area (Å²) in [6, 6.07) is 6.58. The Balaban J connectivity index is 2.55. The molecule has 0 aliphatic heterocycles. The van der Waals surface area contributed by atoms with Crippen molar-refractivity contribution in [1.29, 1.82) is 0 Å². The second-order valence-electron chi connectivity index (χ2n) is 3.86. The summed E-state index contributed by atoms with van der Waals surface area (Å²) >= 11 is 0. The molecule has 0 aliphatic rings. The number of methoxy groups -OCH3 is 2. The smallest absolute Gasteiger partial charge is 0.328 e. The van der Waals surface area contributed by atoms with Gasteiger partial charge in [-0.2, -0.15) is 0 Å². The average Bonchev–Trinajstić information content (AvgIpc) is 2.44. The number of benzene rings is 1. The maximum absolute atomic E-state index is 11.5. The summed E-state index contributed by atoms with van der Waals surface area (Å²) in [5, 5.41) is 2.50. The summed E-state index contributed by atoms with van der Waals surface area (Å²) in [5.74, 6) is -0.0826. The van der Waals surface area contributed by atoms with Gasteiger partial charge < -0.3 is 14.8 Å². The van der Waals surface area contributed by atoms with Crippen LogP contribution in [-0.2, 0) is 14.3 Å². The molecule has 1 aromatic carbocycles. The summed E-state index contributed by atoms with van der Waals surface area (Å²) in [7, 11) is 2.87. The zero-order valence-electron chi connectivity index (χ0n) is 11.2. The van der Waals surface area contributed by atoms with E-state index in [1.807, 2.05) is 12.1 Å². The third-order valence-electron chi connectivity index (χ3n) is 2.46. The number of hydrogen-bond donors (Lipinski definition) is 1. The topological polar surface area (TPSA) is 64.6 Å². The maximum atomic E-state index is 11.5. The summed E-state index contributed by atoms with van der Waals surface area (Å²) in [5.41, 5.74) is 0.863. The third-order valence-corrected chi connectivity index (χ3v) is 2.46. The molecule has 1 aromatic rings. The van der Waals surface area contributed by atoms with E-state index in [-0.39, 0.29) is 5.91 Å². The maximum Gasteiger partial charge on any atom is 0.328 e. The Bertz CT molecular complexity index is 465. The molecule has 0 fully saturated rings. The van der Waals surface area contributed by atoms with Crippen LogP contribution in [0.15, 0.2) is 30.3 Å². The van der Waals surface area contributed by atoms with Crippen molar-refractivity contribution in [3.05, 3.63) is 35.9 Å². The molecular weight excluding hydrogens is 246 g/mol. The van der Waals surface area contributed by atoms with E-state index in [1.165, 1.54) is 13.2 Å². The fraction of sp³-hybridized carbons (Fsp3) is 0.286. The Kier molecular flexibility index (Phi) is 5.60. The number of ether oxygens (including phenoxy) is 2. The van der Waals surface area contributed by atoms with Gasteiger partial charge in [0.15, 0.2) is 0 Å². The van der Waals surface area contributed by atoms with Crippen LogP contribution in [0.3, 0.4) is 0 Å². The zero-order chi connectivity index (χ0) is 14.3. The number of nitrogens with one attached hydrogen (secondary N) is 1. The first kappa shape index (κ1) is 14.8. The van der Waals surface area contributed by atoms with Crippen molar-refractivity contribution in [2.75, 3.05) is 14.2 Å². The Morgan fingerprint density at radius 1 is 1.21 bits per heavy atom. The molecule has 0 aliphatic carbocycles. The van der Waals surface area contributed by atoms with Crippen LogP contribution in [0.4, 0.5) is 0 Å². The number of rotatable bonds is 5. The minimum atomic E-state index is -0.669. The van der Waals surface area contributed by atoms with Gasteiger partial charge in [0, 0.05) is 6.08 Å². The minimum absolute atomic E-state index is 0.353. The Morgan fingerprint density at radius 2 is 1.84 bits per heavy atom. The minimum Gasteiger partial charge on any atom is -0.497 e. The van der Waals surface area contributed by atoms with Crippen LogP contribution in [0, 0.1) is 0 Å². The van der Waals surface area contributed by atoms with Gasteiger partial charge in [-0.15, -0.1) is 0 Å². The first-order chi connectivity index (χ1) is 9.06. The highest BCUT2D eigenvalue weighted by atomic mass is 16.5. The van der Waals surface area contributed by atoms with Crippen LogP contribution in [0.5, 0.6) is 5.75 Å². The summed E-state index contributed by atoms with van der Waals surface area (Å²) in [6.07, 6.45) is 3.01. The van der Waals surface area contributed by atoms with Gasteiger partial charge in [0.2, 0.25) is 5.91 Å². The number of carbonyl (C=O) groups excluding carboxylic acids is 2. The Hall–Kier alpha value is -2.30. The molecule has 0 spiro atoms. The molecule has 5 heteroatoms. The van der Waals surface area contributed by atoms with E-state index in [4.69, 9.17) is 4.74 Å². The lowest BCUT2D eigenvalue weighted by Gasteiger charge is -2.09. The SMILES string of the molecule is COC(=O)[C@H](C)NC(=O)/C=C/c1ccc(OC)cc1. The summed E-state index contributed by atoms with van der Waals surface area (Å²) in [6.45, 7) is 1.56. The molecule has 19 heavy (non-hydrogen) atoms. The van der Waals surface area contributed by atoms with Crippen LogP contribution >= 0.6 is 0 Å². The van der Waals surface area contributed by atoms with Crippen LogP contribution in [0.2, 0.25) is 0 Å². The fourth-order valence-electron chi connectivity index (χ4n) is 1.38. The molecular formula is C14H17NO4. The predicted molar refractivity (Wildman–Crippen MR) is 71.6 cm³/mol. The zero-order valence-corrected chi connectivity index (χ0v) is 11.2. The van der Waals surface area contributed by atoms with Crippen LogP contribution in [0.1, 0.15) is 12.5 Å². The van der Waals surface area contributed by atoms with E-state index >= 15 is 0 Å². The highest BCUT2D eigenvalue weighted by Crippen LogP contribution is 2.12. The molecule has 0 radical (unpaired) electrons. The number of esters is 1. The number of hydrogen-bond acceptors (Lipinski definition) is 4. The third kappa shape index (κ3) is 4.83. The van der Waals surface area contributed by atoms with E-state index in [2.05, 4.69) is 10.1 Å². The second-order valence-corrected chi connectivity index (χ2v) is 3.86. The Morgan fingerprint density at radius 3 is 2.37 bits per heavy atom. The van der Waals surface area contributed by atoms with Gasteiger partial charge in [-0.05, 0) is 30.7 Å². The van der Waals surface area contributed by atoms with Crippen LogP contribution in [-0.4, -0.2) is 32.1 Å². The highest BCUT2D eigenvalue weighted by molar-refractivity contribution is 5.94. The van der Waals surface area contributed by atoms with Gasteiger partial charge in [0.05, 0.1) is 14.2 Å². The lowest BCUT2D eigenvalue weighted by Crippen LogP contribution is -2.38. The van der Waals surface area contributed by atoms with E-state index < -0.39 is 12.0 Å². The summed E-state index contributed by atoms with van der Waals surface area (Å²) in [4.78, 5) is 22.7. The van der Waals surface area contributed by atoms with Crippen molar-refractivity contribution < 1.29 is 19.1 Å². The van der Waals surface area contributed by atoms with Crippen molar-refractivity contribution in [3.8, 4) is 5.75 Å². The molecule has 0 bridgehead atoms. The fourth-order valence-corrected chi connectivity index (χ4v) is 1.38. The van der Waals surface area contributed by atoms with Crippen LogP contribution in [0.25, 0.3) is 6.08 Å². The molecule has 1 rings (SSSR count). The monoisotopic (exact) mass is 263 g/mol. The second kappa shape index (κ2) is 7.20. The first-order valence-electron chi connectivity index (χ1n) is 5.77. The van der Waals surface area contributed by atoms with Crippen molar-refractivity contribution >= 4 is 18.0 Å². The van der Waals surface area contributed by atoms with Gasteiger partial charge in [-0.1, -0.05) is 12.1 Å². The quantitative estimate of drug-likeness (QED) is 0.644. The molecule has 5 nitrogen and oxygen atoms in total. The average molecular weight is 263 g/mol. The highest BCUT2D eigenvalue weighted by Gasteiger charge is 2.13. The van der Waals surface area contributed by atoms with Gasteiger partial charge in [0.1, 0.15) is 11.8 Å². The first-order valence-corrected chi connectivity index (χ1v) is 5.77. The van der Waals surface area contributed by atoms with Gasteiger partial charge in [-0.3, -0.25) is 4.79 Å². The van der Waals surface area contributed by atoms with Crippen LogP contribution < -0.4 is 10.1 Å². The lowest BCUT2D eigenvalue weighted by atomic mass is 10.2. The van der Waals surface area contributed by atoms with Gasteiger partial charge >= 0.3 is 5.97 Å². The Labute approximate surface area is 112 Å². The van der Waals surface area contributed by atoms with Crippen molar-refractivity contribution in [2.24, 2.45) is 0 Å². The van der Waals surface area contributed by atoms with E-state index in [9.17, 15) is 9.59 Å². The summed E-state index contributed by atoms with van der Waals surface area (Å²) < 4.78 is 9.54. The van der Waals surface area contributed by atoms with E-state index in [1.54, 1.807) is 32.2 Å². The molecule has 0 aromatic heterocycles.